The largest absolute Gasteiger partial charge is 0.392 e. The molecule has 1 aromatic carbocycles. The van der Waals surface area contributed by atoms with Gasteiger partial charge in [-0.15, -0.1) is 11.8 Å². The van der Waals surface area contributed by atoms with E-state index >= 15 is 0 Å². The number of hydrogen-bond donors (Lipinski definition) is 1. The van der Waals surface area contributed by atoms with Crippen LogP contribution < -0.4 is 0 Å². The summed E-state index contributed by atoms with van der Waals surface area (Å²) < 4.78 is 0. The topological polar surface area (TPSA) is 20.2 Å². The van der Waals surface area contributed by atoms with Crippen molar-refractivity contribution in [3.05, 3.63) is 29.3 Å². The average Bonchev–Trinajstić information content (AvgIpc) is 2.05. The molecule has 1 rings (SSSR count). The van der Waals surface area contributed by atoms with Crippen LogP contribution in [0.1, 0.15) is 18.1 Å². The Bertz CT molecular complexity index is 258. The van der Waals surface area contributed by atoms with Gasteiger partial charge < -0.3 is 5.11 Å². The average molecular weight is 182 g/mol. The Morgan fingerprint density at radius 3 is 2.67 bits per heavy atom. The molecule has 0 amide bonds. The first-order chi connectivity index (χ1) is 5.77. The molecule has 1 aromatic rings. The maximum Gasteiger partial charge on any atom is 0.0684 e. The van der Waals surface area contributed by atoms with Crippen LogP contribution in [0, 0.1) is 6.92 Å². The number of aliphatic hydroxyl groups is 1. The van der Waals surface area contributed by atoms with Crippen molar-refractivity contribution in [1.82, 2.24) is 0 Å². The lowest BCUT2D eigenvalue weighted by atomic mass is 10.1. The van der Waals surface area contributed by atoms with E-state index in [2.05, 4.69) is 19.1 Å². The molecule has 0 aromatic heterocycles. The van der Waals surface area contributed by atoms with E-state index < -0.39 is 0 Å². The van der Waals surface area contributed by atoms with E-state index in [1.807, 2.05) is 24.8 Å². The number of aliphatic hydroxyl groups excluding tert-OH is 1. The summed E-state index contributed by atoms with van der Waals surface area (Å²) >= 11 is 1.83. The molecule has 66 valence electrons. The number of aryl methyl sites for hydroxylation is 1. The Hall–Kier alpha value is -0.470. The number of benzene rings is 1. The van der Waals surface area contributed by atoms with Crippen molar-refractivity contribution in [3.63, 3.8) is 0 Å². The zero-order valence-electron chi connectivity index (χ0n) is 7.50. The highest BCUT2D eigenvalue weighted by Gasteiger charge is 1.97. The van der Waals surface area contributed by atoms with Gasteiger partial charge in [-0.1, -0.05) is 13.0 Å². The highest BCUT2D eigenvalue weighted by atomic mass is 32.2. The fourth-order valence-corrected chi connectivity index (χ4v) is 1.86. The van der Waals surface area contributed by atoms with Crippen LogP contribution in [-0.4, -0.2) is 10.9 Å². The molecule has 1 N–H and O–H groups in total. The molecule has 0 spiro atoms. The van der Waals surface area contributed by atoms with Crippen LogP contribution in [0.2, 0.25) is 0 Å². The van der Waals surface area contributed by atoms with Gasteiger partial charge in [0.1, 0.15) is 0 Å². The lowest BCUT2D eigenvalue weighted by molar-refractivity contribution is 0.281. The summed E-state index contributed by atoms with van der Waals surface area (Å²) in [5, 5.41) is 8.93. The Morgan fingerprint density at radius 2 is 2.17 bits per heavy atom. The van der Waals surface area contributed by atoms with E-state index in [4.69, 9.17) is 5.11 Å². The molecule has 0 aliphatic carbocycles. The second kappa shape index (κ2) is 4.53. The molecule has 0 atom stereocenters. The van der Waals surface area contributed by atoms with Gasteiger partial charge >= 0.3 is 0 Å². The number of thioether (sulfide) groups is 1. The van der Waals surface area contributed by atoms with Crippen molar-refractivity contribution in [2.45, 2.75) is 25.3 Å². The molecule has 1 nitrogen and oxygen atoms in total. The summed E-state index contributed by atoms with van der Waals surface area (Å²) in [4.78, 5) is 1.28. The second-order valence-corrected chi connectivity index (χ2v) is 4.02. The lowest BCUT2D eigenvalue weighted by Gasteiger charge is -2.04. The fourth-order valence-electron chi connectivity index (χ4n) is 1.10. The molecule has 0 unspecified atom stereocenters. The summed E-state index contributed by atoms with van der Waals surface area (Å²) in [5.41, 5.74) is 2.20. The molecule has 0 fully saturated rings. The monoisotopic (exact) mass is 182 g/mol. The van der Waals surface area contributed by atoms with E-state index in [9.17, 15) is 0 Å². The van der Waals surface area contributed by atoms with Crippen molar-refractivity contribution in [2.75, 3.05) is 5.75 Å². The lowest BCUT2D eigenvalue weighted by Crippen LogP contribution is -1.88. The fraction of sp³-hybridized carbons (Fsp3) is 0.400. The van der Waals surface area contributed by atoms with Crippen LogP contribution in [0.4, 0.5) is 0 Å². The zero-order valence-corrected chi connectivity index (χ0v) is 8.32. The van der Waals surface area contributed by atoms with Gasteiger partial charge in [-0.25, -0.2) is 0 Å². The summed E-state index contributed by atoms with van der Waals surface area (Å²) in [6.07, 6.45) is 0. The number of hydrogen-bond acceptors (Lipinski definition) is 2. The third-order valence-corrected chi connectivity index (χ3v) is 2.67. The third kappa shape index (κ3) is 2.26. The SMILES string of the molecule is CCSc1ccc(CO)c(C)c1. The van der Waals surface area contributed by atoms with E-state index in [1.165, 1.54) is 10.5 Å². The van der Waals surface area contributed by atoms with Gasteiger partial charge in [0.05, 0.1) is 6.61 Å². The quantitative estimate of drug-likeness (QED) is 0.725. The van der Waals surface area contributed by atoms with Gasteiger partial charge in [0.25, 0.3) is 0 Å². The first kappa shape index (κ1) is 9.62. The Balaban J connectivity index is 2.86. The summed E-state index contributed by atoms with van der Waals surface area (Å²) in [5.74, 6) is 1.10. The highest BCUT2D eigenvalue weighted by molar-refractivity contribution is 7.99. The smallest absolute Gasteiger partial charge is 0.0684 e. The maximum absolute atomic E-state index is 8.93. The summed E-state index contributed by atoms with van der Waals surface area (Å²) in [7, 11) is 0. The predicted molar refractivity (Wildman–Crippen MR) is 53.5 cm³/mol. The molecule has 12 heavy (non-hydrogen) atoms. The van der Waals surface area contributed by atoms with E-state index in [1.54, 1.807) is 0 Å². The molecular formula is C10H14OS. The molecule has 0 saturated carbocycles. The van der Waals surface area contributed by atoms with Gasteiger partial charge in [0.2, 0.25) is 0 Å². The van der Waals surface area contributed by atoms with Crippen molar-refractivity contribution >= 4 is 11.8 Å². The van der Waals surface area contributed by atoms with Crippen LogP contribution >= 0.6 is 11.8 Å². The van der Waals surface area contributed by atoms with Gasteiger partial charge in [0.15, 0.2) is 0 Å². The first-order valence-electron chi connectivity index (χ1n) is 4.11. The predicted octanol–water partition coefficient (Wildman–Crippen LogP) is 2.60. The Kier molecular flexibility index (Phi) is 3.63. The summed E-state index contributed by atoms with van der Waals surface area (Å²) in [6, 6.07) is 6.18. The molecule has 0 saturated heterocycles. The molecular weight excluding hydrogens is 168 g/mol. The van der Waals surface area contributed by atoms with Crippen LogP contribution in [0.25, 0.3) is 0 Å². The Morgan fingerprint density at radius 1 is 1.42 bits per heavy atom. The van der Waals surface area contributed by atoms with Crippen molar-refractivity contribution in [3.8, 4) is 0 Å². The van der Waals surface area contributed by atoms with Crippen molar-refractivity contribution in [2.24, 2.45) is 0 Å². The van der Waals surface area contributed by atoms with E-state index in [0.29, 0.717) is 0 Å². The van der Waals surface area contributed by atoms with Gasteiger partial charge in [0, 0.05) is 4.90 Å². The summed E-state index contributed by atoms with van der Waals surface area (Å²) in [6.45, 7) is 4.31. The molecule has 0 heterocycles. The van der Waals surface area contributed by atoms with Crippen LogP contribution in [-0.2, 0) is 6.61 Å². The third-order valence-electron chi connectivity index (χ3n) is 1.80. The highest BCUT2D eigenvalue weighted by Crippen LogP contribution is 2.20. The van der Waals surface area contributed by atoms with Crippen LogP contribution in [0.3, 0.4) is 0 Å². The molecule has 0 radical (unpaired) electrons. The standard InChI is InChI=1S/C10H14OS/c1-3-12-10-5-4-9(7-11)8(2)6-10/h4-6,11H,3,7H2,1-2H3. The second-order valence-electron chi connectivity index (χ2n) is 2.68. The normalized spacial score (nSPS) is 10.2. The van der Waals surface area contributed by atoms with Gasteiger partial charge in [-0.05, 0) is 35.9 Å². The molecule has 0 bridgehead atoms. The minimum atomic E-state index is 0.142. The maximum atomic E-state index is 8.93. The van der Waals surface area contributed by atoms with Crippen molar-refractivity contribution < 1.29 is 5.11 Å². The van der Waals surface area contributed by atoms with E-state index in [-0.39, 0.29) is 6.61 Å². The van der Waals surface area contributed by atoms with Gasteiger partial charge in [-0.2, -0.15) is 0 Å². The van der Waals surface area contributed by atoms with Crippen LogP contribution in [0.5, 0.6) is 0 Å². The van der Waals surface area contributed by atoms with E-state index in [0.717, 1.165) is 11.3 Å². The number of rotatable bonds is 3. The molecule has 0 aliphatic heterocycles. The zero-order chi connectivity index (χ0) is 8.97. The Labute approximate surface area is 77.8 Å². The minimum Gasteiger partial charge on any atom is -0.392 e. The molecule has 0 aliphatic rings. The molecule has 2 heteroatoms. The van der Waals surface area contributed by atoms with Crippen molar-refractivity contribution in [1.29, 1.82) is 0 Å². The minimum absolute atomic E-state index is 0.142. The van der Waals surface area contributed by atoms with Gasteiger partial charge in [-0.3, -0.25) is 0 Å². The van der Waals surface area contributed by atoms with Crippen LogP contribution in [0.15, 0.2) is 23.1 Å². The first-order valence-corrected chi connectivity index (χ1v) is 5.09.